The van der Waals surface area contributed by atoms with Crippen LogP contribution in [0.2, 0.25) is 0 Å². The molecule has 0 saturated carbocycles. The maximum absolute atomic E-state index is 11.8. The van der Waals surface area contributed by atoms with Crippen LogP contribution in [-0.4, -0.2) is 48.7 Å². The number of benzene rings is 2. The number of imidazole rings is 1. The van der Waals surface area contributed by atoms with E-state index in [2.05, 4.69) is 23.3 Å². The highest BCUT2D eigenvalue weighted by Crippen LogP contribution is 2.31. The van der Waals surface area contributed by atoms with Crippen molar-refractivity contribution in [1.29, 1.82) is 0 Å². The molecule has 0 aliphatic carbocycles. The minimum Gasteiger partial charge on any atom is -0.486 e. The first-order chi connectivity index (χ1) is 15.4. The lowest BCUT2D eigenvalue weighted by molar-refractivity contribution is 0.0571. The number of aromatic nitrogens is 2. The summed E-state index contributed by atoms with van der Waals surface area (Å²) < 4.78 is 37.7. The van der Waals surface area contributed by atoms with Crippen molar-refractivity contribution in [2.24, 2.45) is 5.14 Å². The lowest BCUT2D eigenvalue weighted by Gasteiger charge is -2.30. The first kappa shape index (κ1) is 22.6. The highest BCUT2D eigenvalue weighted by molar-refractivity contribution is 7.89. The smallest absolute Gasteiger partial charge is 0.238 e. The Bertz CT molecular complexity index is 1190. The molecule has 2 N–H and O–H groups in total. The summed E-state index contributed by atoms with van der Waals surface area (Å²) in [6, 6.07) is 12.6. The largest absolute Gasteiger partial charge is 0.486 e. The molecule has 0 radical (unpaired) electrons. The molecular weight excluding hydrogens is 428 g/mol. The summed E-state index contributed by atoms with van der Waals surface area (Å²) in [5, 5.41) is 5.32. The Morgan fingerprint density at radius 3 is 2.69 bits per heavy atom. The van der Waals surface area contributed by atoms with Crippen LogP contribution in [0.4, 0.5) is 0 Å². The van der Waals surface area contributed by atoms with Crippen molar-refractivity contribution < 1.29 is 17.9 Å². The van der Waals surface area contributed by atoms with Crippen LogP contribution >= 0.6 is 0 Å². The number of likely N-dealkylation sites (N-methyl/N-ethyl adjacent to an activating group) is 1. The molecule has 0 amide bonds. The molecule has 2 heterocycles. The van der Waals surface area contributed by atoms with E-state index < -0.39 is 10.0 Å². The van der Waals surface area contributed by atoms with Gasteiger partial charge < -0.3 is 14.0 Å². The average Bonchev–Trinajstić information content (AvgIpc) is 3.12. The van der Waals surface area contributed by atoms with Gasteiger partial charge in [-0.25, -0.2) is 18.5 Å². The fraction of sp³-hybridized carbons (Fsp3) is 0.435. The number of hydrogen-bond acceptors (Lipinski definition) is 6. The van der Waals surface area contributed by atoms with Crippen molar-refractivity contribution in [3.8, 4) is 11.5 Å². The number of rotatable bonds is 9. The Hall–Kier alpha value is -2.62. The molecule has 0 fully saturated rings. The number of para-hydroxylation sites is 2. The molecular formula is C23H30N4O4S. The van der Waals surface area contributed by atoms with E-state index in [9.17, 15) is 8.42 Å². The molecule has 0 bridgehead atoms. The van der Waals surface area contributed by atoms with Crippen LogP contribution in [0, 0.1) is 0 Å². The number of nitrogens with zero attached hydrogens (tertiary/aromatic N) is 3. The van der Waals surface area contributed by atoms with E-state index in [1.807, 2.05) is 24.3 Å². The molecule has 1 aliphatic rings. The minimum absolute atomic E-state index is 0.0766. The Kier molecular flexibility index (Phi) is 6.68. The number of unbranched alkanes of at least 4 members (excludes halogenated alkanes) is 1. The zero-order valence-corrected chi connectivity index (χ0v) is 19.3. The summed E-state index contributed by atoms with van der Waals surface area (Å²) in [6.45, 7) is 7.72. The Labute approximate surface area is 189 Å². The van der Waals surface area contributed by atoms with Crippen molar-refractivity contribution in [1.82, 2.24) is 14.5 Å². The van der Waals surface area contributed by atoms with Crippen molar-refractivity contribution in [2.45, 2.75) is 50.8 Å². The Balaban J connectivity index is 1.57. The van der Waals surface area contributed by atoms with Crippen LogP contribution < -0.4 is 14.6 Å². The molecule has 8 nitrogen and oxygen atoms in total. The van der Waals surface area contributed by atoms with Gasteiger partial charge in [-0.05, 0) is 43.3 Å². The van der Waals surface area contributed by atoms with E-state index in [1.165, 1.54) is 0 Å². The summed E-state index contributed by atoms with van der Waals surface area (Å²) in [5.74, 6) is 2.45. The number of hydrogen-bond donors (Lipinski definition) is 1. The SMILES string of the molecule is CCCCn1c(CN(CC)CC2COc3ccccc3O2)nc2cc(S(N)(=O)=O)ccc21. The molecule has 1 aliphatic heterocycles. The first-order valence-corrected chi connectivity index (χ1v) is 12.6. The lowest BCUT2D eigenvalue weighted by Crippen LogP contribution is -2.41. The number of sulfonamides is 1. The lowest BCUT2D eigenvalue weighted by atomic mass is 10.2. The van der Waals surface area contributed by atoms with E-state index >= 15 is 0 Å². The summed E-state index contributed by atoms with van der Waals surface area (Å²) in [5.41, 5.74) is 1.56. The van der Waals surface area contributed by atoms with E-state index in [-0.39, 0.29) is 11.0 Å². The number of ether oxygens (including phenoxy) is 2. The topological polar surface area (TPSA) is 99.7 Å². The van der Waals surface area contributed by atoms with Gasteiger partial charge in [0.1, 0.15) is 18.5 Å². The monoisotopic (exact) mass is 458 g/mol. The normalized spacial score (nSPS) is 16.1. The number of primary sulfonamides is 1. The molecule has 32 heavy (non-hydrogen) atoms. The molecule has 1 atom stereocenters. The van der Waals surface area contributed by atoms with Crippen LogP contribution in [-0.2, 0) is 23.1 Å². The molecule has 9 heteroatoms. The highest BCUT2D eigenvalue weighted by Gasteiger charge is 2.24. The van der Waals surface area contributed by atoms with E-state index in [1.54, 1.807) is 18.2 Å². The van der Waals surface area contributed by atoms with E-state index in [0.717, 1.165) is 48.8 Å². The van der Waals surface area contributed by atoms with Crippen LogP contribution in [0.1, 0.15) is 32.5 Å². The number of nitrogens with two attached hydrogens (primary N) is 1. The van der Waals surface area contributed by atoms with Crippen molar-refractivity contribution in [3.63, 3.8) is 0 Å². The molecule has 0 spiro atoms. The van der Waals surface area contributed by atoms with Crippen LogP contribution in [0.3, 0.4) is 0 Å². The molecule has 1 aromatic heterocycles. The third-order valence-corrected chi connectivity index (χ3v) is 6.62. The van der Waals surface area contributed by atoms with E-state index in [4.69, 9.17) is 19.6 Å². The average molecular weight is 459 g/mol. The fourth-order valence-electron chi connectivity index (χ4n) is 3.97. The molecule has 172 valence electrons. The second kappa shape index (κ2) is 9.48. The zero-order chi connectivity index (χ0) is 22.7. The van der Waals surface area contributed by atoms with Gasteiger partial charge in [-0.2, -0.15) is 0 Å². The van der Waals surface area contributed by atoms with Crippen LogP contribution in [0.25, 0.3) is 11.0 Å². The second-order valence-corrected chi connectivity index (χ2v) is 9.62. The number of fused-ring (bicyclic) bond motifs is 2. The van der Waals surface area contributed by atoms with Crippen molar-refractivity contribution in [2.75, 3.05) is 19.7 Å². The third-order valence-electron chi connectivity index (χ3n) is 5.70. The summed E-state index contributed by atoms with van der Waals surface area (Å²) in [7, 11) is -3.78. The van der Waals surface area contributed by atoms with Gasteiger partial charge in [0, 0.05) is 13.1 Å². The molecule has 0 saturated heterocycles. The predicted molar refractivity (Wildman–Crippen MR) is 123 cm³/mol. The summed E-state index contributed by atoms with van der Waals surface area (Å²) in [6.07, 6.45) is 1.99. The highest BCUT2D eigenvalue weighted by atomic mass is 32.2. The molecule has 3 aromatic rings. The van der Waals surface area contributed by atoms with Gasteiger partial charge in [0.05, 0.1) is 22.5 Å². The van der Waals surface area contributed by atoms with Gasteiger partial charge in [-0.3, -0.25) is 4.90 Å². The molecule has 2 aromatic carbocycles. The first-order valence-electron chi connectivity index (χ1n) is 11.0. The van der Waals surface area contributed by atoms with Gasteiger partial charge >= 0.3 is 0 Å². The predicted octanol–water partition coefficient (Wildman–Crippen LogP) is 3.15. The molecule has 1 unspecified atom stereocenters. The van der Waals surface area contributed by atoms with Crippen LogP contribution in [0.15, 0.2) is 47.4 Å². The van der Waals surface area contributed by atoms with Gasteiger partial charge in [-0.15, -0.1) is 0 Å². The van der Waals surface area contributed by atoms with Gasteiger partial charge in [0.15, 0.2) is 11.5 Å². The van der Waals surface area contributed by atoms with Crippen molar-refractivity contribution >= 4 is 21.1 Å². The van der Waals surface area contributed by atoms with E-state index in [0.29, 0.717) is 25.2 Å². The van der Waals surface area contributed by atoms with Crippen LogP contribution in [0.5, 0.6) is 11.5 Å². The van der Waals surface area contributed by atoms with Crippen molar-refractivity contribution in [3.05, 3.63) is 48.3 Å². The third kappa shape index (κ3) is 4.90. The van der Waals surface area contributed by atoms with Gasteiger partial charge in [-0.1, -0.05) is 32.4 Å². The molecule has 4 rings (SSSR count). The minimum atomic E-state index is -3.78. The number of aryl methyl sites for hydroxylation is 1. The quantitative estimate of drug-likeness (QED) is 0.529. The standard InChI is InChI=1S/C23H30N4O4S/c1-3-5-12-27-20-11-10-18(32(24,28)29)13-19(20)25-23(27)15-26(4-2)14-17-16-30-21-8-6-7-9-22(21)31-17/h6-11,13,17H,3-5,12,14-16H2,1-2H3,(H2,24,28,29). The Morgan fingerprint density at radius 1 is 1.19 bits per heavy atom. The fourth-order valence-corrected chi connectivity index (χ4v) is 4.50. The van der Waals surface area contributed by atoms with Gasteiger partial charge in [0.25, 0.3) is 0 Å². The van der Waals surface area contributed by atoms with Gasteiger partial charge in [0.2, 0.25) is 10.0 Å². The maximum atomic E-state index is 11.8. The Morgan fingerprint density at radius 2 is 1.97 bits per heavy atom. The second-order valence-electron chi connectivity index (χ2n) is 8.05. The summed E-state index contributed by atoms with van der Waals surface area (Å²) in [4.78, 5) is 7.13. The zero-order valence-electron chi connectivity index (χ0n) is 18.5. The summed E-state index contributed by atoms with van der Waals surface area (Å²) >= 11 is 0. The maximum Gasteiger partial charge on any atom is 0.238 e.